The fourth-order valence-electron chi connectivity index (χ4n) is 2.57. The van der Waals surface area contributed by atoms with E-state index in [4.69, 9.17) is 0 Å². The van der Waals surface area contributed by atoms with Gasteiger partial charge in [-0.05, 0) is 6.07 Å². The van der Waals surface area contributed by atoms with Crippen LogP contribution in [0.2, 0.25) is 0 Å². The van der Waals surface area contributed by atoms with E-state index in [9.17, 15) is 4.79 Å². The number of para-hydroxylation sites is 1. The Balaban J connectivity index is 1.59. The van der Waals surface area contributed by atoms with Gasteiger partial charge in [0.05, 0.1) is 17.3 Å². The monoisotopic (exact) mass is 323 g/mol. The number of benzene rings is 1. The van der Waals surface area contributed by atoms with Gasteiger partial charge in [0.15, 0.2) is 11.4 Å². The van der Waals surface area contributed by atoms with Gasteiger partial charge in [-0.2, -0.15) is 5.10 Å². The number of Topliss-reactive ketones (excluding diaryl/α,β-unsaturated/α-hetero) is 1. The summed E-state index contributed by atoms with van der Waals surface area (Å²) >= 11 is 1.41. The van der Waals surface area contributed by atoms with Gasteiger partial charge in [0.25, 0.3) is 0 Å². The van der Waals surface area contributed by atoms with Crippen LogP contribution in [0.1, 0.15) is 10.4 Å². The fraction of sp³-hybridized carbons (Fsp3) is 0.125. The molecule has 0 aliphatic carbocycles. The first-order chi connectivity index (χ1) is 11.2. The minimum atomic E-state index is 0.0723. The lowest BCUT2D eigenvalue weighted by Gasteiger charge is -2.01. The molecular weight excluding hydrogens is 310 g/mol. The molecule has 6 nitrogen and oxygen atoms in total. The Hall–Kier alpha value is -2.67. The summed E-state index contributed by atoms with van der Waals surface area (Å²) in [6.07, 6.45) is 5.00. The van der Waals surface area contributed by atoms with Gasteiger partial charge < -0.3 is 4.98 Å². The highest BCUT2D eigenvalue weighted by Gasteiger charge is 2.14. The normalized spacial score (nSPS) is 11.3. The molecule has 0 unspecified atom stereocenters. The molecule has 3 heterocycles. The first-order valence-corrected chi connectivity index (χ1v) is 8.07. The van der Waals surface area contributed by atoms with Gasteiger partial charge in [-0.15, -0.1) is 0 Å². The van der Waals surface area contributed by atoms with Crippen molar-refractivity contribution in [2.45, 2.75) is 5.03 Å². The van der Waals surface area contributed by atoms with Gasteiger partial charge in [-0.3, -0.25) is 9.48 Å². The maximum absolute atomic E-state index is 12.5. The number of nitrogens with zero attached hydrogens (tertiary/aromatic N) is 4. The lowest BCUT2D eigenvalue weighted by atomic mass is 10.1. The molecule has 4 aromatic rings. The zero-order chi connectivity index (χ0) is 15.8. The van der Waals surface area contributed by atoms with E-state index in [0.717, 1.165) is 27.0 Å². The Morgan fingerprint density at radius 1 is 1.26 bits per heavy atom. The molecule has 0 saturated heterocycles. The number of rotatable bonds is 4. The van der Waals surface area contributed by atoms with E-state index in [0.29, 0.717) is 11.3 Å². The molecule has 4 rings (SSSR count). The van der Waals surface area contributed by atoms with E-state index >= 15 is 0 Å². The molecule has 1 N–H and O–H groups in total. The molecule has 0 aliphatic heterocycles. The van der Waals surface area contributed by atoms with Gasteiger partial charge in [-0.1, -0.05) is 30.0 Å². The Labute approximate surface area is 135 Å². The lowest BCUT2D eigenvalue weighted by molar-refractivity contribution is 0.102. The summed E-state index contributed by atoms with van der Waals surface area (Å²) in [6.45, 7) is 0. The Morgan fingerprint density at radius 3 is 3.04 bits per heavy atom. The highest BCUT2D eigenvalue weighted by Crippen LogP contribution is 2.26. The Bertz CT molecular complexity index is 1020. The van der Waals surface area contributed by atoms with Crippen LogP contribution in [0.4, 0.5) is 0 Å². The van der Waals surface area contributed by atoms with Gasteiger partial charge in [0.2, 0.25) is 0 Å². The molecule has 1 aromatic carbocycles. The van der Waals surface area contributed by atoms with Crippen LogP contribution in [0.25, 0.3) is 21.9 Å². The van der Waals surface area contributed by atoms with Crippen LogP contribution in [0.15, 0.2) is 48.0 Å². The smallest absolute Gasteiger partial charge is 0.175 e. The third-order valence-electron chi connectivity index (χ3n) is 3.72. The van der Waals surface area contributed by atoms with E-state index in [1.54, 1.807) is 17.1 Å². The number of fused-ring (bicyclic) bond motifs is 2. The van der Waals surface area contributed by atoms with Crippen LogP contribution in [-0.2, 0) is 7.05 Å². The van der Waals surface area contributed by atoms with E-state index in [-0.39, 0.29) is 5.78 Å². The molecule has 114 valence electrons. The topological polar surface area (TPSA) is 76.5 Å². The predicted molar refractivity (Wildman–Crippen MR) is 89.7 cm³/mol. The van der Waals surface area contributed by atoms with Crippen LogP contribution >= 0.6 is 11.8 Å². The highest BCUT2D eigenvalue weighted by molar-refractivity contribution is 8.00. The Morgan fingerprint density at radius 2 is 2.13 bits per heavy atom. The molecule has 0 amide bonds. The number of hydrogen-bond acceptors (Lipinski definition) is 5. The van der Waals surface area contributed by atoms with Crippen LogP contribution in [0.3, 0.4) is 0 Å². The van der Waals surface area contributed by atoms with Crippen LogP contribution in [0.5, 0.6) is 0 Å². The number of carbonyl (C=O) groups is 1. The minimum Gasteiger partial charge on any atom is -0.360 e. The van der Waals surface area contributed by atoms with Crippen molar-refractivity contribution >= 4 is 39.5 Å². The molecule has 23 heavy (non-hydrogen) atoms. The largest absolute Gasteiger partial charge is 0.360 e. The van der Waals surface area contributed by atoms with Gasteiger partial charge in [0.1, 0.15) is 11.4 Å². The third-order valence-corrected chi connectivity index (χ3v) is 4.73. The number of carbonyl (C=O) groups excluding carboxylic acids is 1. The highest BCUT2D eigenvalue weighted by atomic mass is 32.2. The van der Waals surface area contributed by atoms with Crippen LogP contribution in [0, 0.1) is 0 Å². The molecule has 0 bridgehead atoms. The van der Waals surface area contributed by atoms with Crippen molar-refractivity contribution in [3.63, 3.8) is 0 Å². The van der Waals surface area contributed by atoms with E-state index in [1.165, 1.54) is 18.1 Å². The average molecular weight is 323 g/mol. The molecule has 3 aromatic heterocycles. The molecule has 0 atom stereocenters. The second kappa shape index (κ2) is 5.51. The first-order valence-electron chi connectivity index (χ1n) is 7.09. The summed E-state index contributed by atoms with van der Waals surface area (Å²) in [6, 6.07) is 7.79. The standard InChI is InChI=1S/C16H13N5OS/c1-21-15-12(7-20-21)16(19-9-18-15)23-8-14(22)11-6-17-13-5-3-2-4-10(11)13/h2-7,9,17H,8H2,1H3. The van der Waals surface area contributed by atoms with E-state index in [1.807, 2.05) is 31.3 Å². The Kier molecular flexibility index (Phi) is 3.34. The number of thioether (sulfide) groups is 1. The number of nitrogens with one attached hydrogen (secondary N) is 1. The first kappa shape index (κ1) is 14.0. The zero-order valence-corrected chi connectivity index (χ0v) is 13.2. The fourth-order valence-corrected chi connectivity index (χ4v) is 3.41. The third kappa shape index (κ3) is 2.39. The number of ketones is 1. The molecule has 0 saturated carbocycles. The number of H-pyrrole nitrogens is 1. The van der Waals surface area contributed by atoms with Gasteiger partial charge in [-0.25, -0.2) is 9.97 Å². The zero-order valence-electron chi connectivity index (χ0n) is 12.4. The maximum atomic E-state index is 12.5. The van der Waals surface area contributed by atoms with Gasteiger partial charge in [0, 0.05) is 29.7 Å². The average Bonchev–Trinajstić information content (AvgIpc) is 3.17. The predicted octanol–water partition coefficient (Wildman–Crippen LogP) is 2.82. The summed E-state index contributed by atoms with van der Waals surface area (Å²) in [5, 5.41) is 6.78. The number of aromatic amines is 1. The summed E-state index contributed by atoms with van der Waals surface area (Å²) in [4.78, 5) is 24.1. The molecule has 0 radical (unpaired) electrons. The minimum absolute atomic E-state index is 0.0723. The van der Waals surface area contributed by atoms with Crippen molar-refractivity contribution in [3.8, 4) is 0 Å². The van der Waals surface area contributed by atoms with E-state index < -0.39 is 0 Å². The quantitative estimate of drug-likeness (QED) is 0.355. The lowest BCUT2D eigenvalue weighted by Crippen LogP contribution is -2.02. The summed E-state index contributed by atoms with van der Waals surface area (Å²) in [5.74, 6) is 0.395. The van der Waals surface area contributed by atoms with Crippen LogP contribution in [-0.4, -0.2) is 36.3 Å². The molecule has 0 aliphatic rings. The second-order valence-corrected chi connectivity index (χ2v) is 6.11. The second-order valence-electron chi connectivity index (χ2n) is 5.14. The maximum Gasteiger partial charge on any atom is 0.175 e. The SMILES string of the molecule is Cn1ncc2c(SCC(=O)c3c[nH]c4ccccc34)ncnc21. The van der Waals surface area contributed by atoms with Crippen molar-refractivity contribution in [1.29, 1.82) is 0 Å². The van der Waals surface area contributed by atoms with Crippen molar-refractivity contribution in [2.75, 3.05) is 5.75 Å². The van der Waals surface area contributed by atoms with Crippen molar-refractivity contribution < 1.29 is 4.79 Å². The number of hydrogen-bond donors (Lipinski definition) is 1. The number of aromatic nitrogens is 5. The molecule has 7 heteroatoms. The summed E-state index contributed by atoms with van der Waals surface area (Å²) < 4.78 is 1.70. The molecular formula is C16H13N5OS. The van der Waals surface area contributed by atoms with Gasteiger partial charge >= 0.3 is 0 Å². The van der Waals surface area contributed by atoms with Crippen molar-refractivity contribution in [2.24, 2.45) is 7.05 Å². The number of aryl methyl sites for hydroxylation is 1. The summed E-state index contributed by atoms with van der Waals surface area (Å²) in [7, 11) is 1.83. The van der Waals surface area contributed by atoms with Crippen molar-refractivity contribution in [1.82, 2.24) is 24.7 Å². The summed E-state index contributed by atoms with van der Waals surface area (Å²) in [5.41, 5.74) is 2.45. The van der Waals surface area contributed by atoms with Crippen LogP contribution < -0.4 is 0 Å². The molecule has 0 fully saturated rings. The van der Waals surface area contributed by atoms with E-state index in [2.05, 4.69) is 20.1 Å². The molecule has 0 spiro atoms. The van der Waals surface area contributed by atoms with Crippen molar-refractivity contribution in [3.05, 3.63) is 48.5 Å².